The average Bonchev–Trinajstić information content (AvgIpc) is 3.32. The van der Waals surface area contributed by atoms with Gasteiger partial charge in [0, 0.05) is 31.1 Å². The van der Waals surface area contributed by atoms with Gasteiger partial charge >= 0.3 is 0 Å². The zero-order valence-electron chi connectivity index (χ0n) is 22.2. The molecule has 0 radical (unpaired) electrons. The van der Waals surface area contributed by atoms with Crippen LogP contribution in [0.2, 0.25) is 0 Å². The van der Waals surface area contributed by atoms with Gasteiger partial charge in [0.05, 0.1) is 11.0 Å². The van der Waals surface area contributed by atoms with Crippen molar-refractivity contribution in [1.82, 2.24) is 19.8 Å². The van der Waals surface area contributed by atoms with Crippen molar-refractivity contribution in [2.45, 2.75) is 64.1 Å². The van der Waals surface area contributed by atoms with Crippen LogP contribution in [0.25, 0.3) is 11.0 Å². The Hall–Kier alpha value is -4.00. The van der Waals surface area contributed by atoms with Crippen molar-refractivity contribution in [3.63, 3.8) is 0 Å². The third-order valence-electron chi connectivity index (χ3n) is 7.53. The minimum Gasteiger partial charge on any atom is -0.352 e. The zero-order valence-corrected chi connectivity index (χ0v) is 22.2. The van der Waals surface area contributed by atoms with Crippen LogP contribution < -0.4 is 5.32 Å². The Morgan fingerprint density at radius 1 is 0.923 bits per heavy atom. The molecule has 0 spiro atoms. The van der Waals surface area contributed by atoms with Crippen LogP contribution in [0.3, 0.4) is 0 Å². The van der Waals surface area contributed by atoms with Crippen molar-refractivity contribution in [2.75, 3.05) is 6.54 Å². The maximum Gasteiger partial charge on any atom is 0.251 e. The first-order chi connectivity index (χ1) is 19.1. The van der Waals surface area contributed by atoms with Crippen LogP contribution in [-0.4, -0.2) is 38.9 Å². The highest BCUT2D eigenvalue weighted by atomic mass is 19.1. The Bertz CT molecular complexity index is 1390. The molecule has 0 saturated heterocycles. The Morgan fingerprint density at radius 2 is 1.64 bits per heavy atom. The molecule has 7 heteroatoms. The quantitative estimate of drug-likeness (QED) is 0.262. The monoisotopic (exact) mass is 526 g/mol. The minimum absolute atomic E-state index is 0.111. The molecule has 0 unspecified atom stereocenters. The third kappa shape index (κ3) is 6.72. The van der Waals surface area contributed by atoms with Crippen LogP contribution in [0.5, 0.6) is 0 Å². The summed E-state index contributed by atoms with van der Waals surface area (Å²) >= 11 is 0. The van der Waals surface area contributed by atoms with E-state index in [1.54, 1.807) is 0 Å². The van der Waals surface area contributed by atoms with Crippen LogP contribution in [0, 0.1) is 5.82 Å². The SMILES string of the molecule is O=C(NCCCc1nc2ccccc2n1CC(=O)N(Cc1ccccc1)C1CCCCC1)c1ccc(F)cc1. The number of amides is 2. The van der Waals surface area contributed by atoms with Crippen LogP contribution >= 0.6 is 0 Å². The summed E-state index contributed by atoms with van der Waals surface area (Å²) in [5.41, 5.74) is 3.38. The number of imidazole rings is 1. The van der Waals surface area contributed by atoms with Gasteiger partial charge in [0.1, 0.15) is 18.2 Å². The van der Waals surface area contributed by atoms with Gasteiger partial charge in [0.15, 0.2) is 0 Å². The van der Waals surface area contributed by atoms with Crippen LogP contribution in [0.4, 0.5) is 4.39 Å². The smallest absolute Gasteiger partial charge is 0.251 e. The fraction of sp³-hybridized carbons (Fsp3) is 0.344. The summed E-state index contributed by atoms with van der Waals surface area (Å²) in [5.74, 6) is 0.345. The minimum atomic E-state index is -0.370. The number of aryl methyl sites for hydroxylation is 1. The van der Waals surface area contributed by atoms with E-state index < -0.39 is 0 Å². The van der Waals surface area contributed by atoms with Gasteiger partial charge in [-0.15, -0.1) is 0 Å². The van der Waals surface area contributed by atoms with Crippen molar-refractivity contribution < 1.29 is 14.0 Å². The van der Waals surface area contributed by atoms with E-state index in [4.69, 9.17) is 4.98 Å². The second-order valence-corrected chi connectivity index (χ2v) is 10.3. The summed E-state index contributed by atoms with van der Waals surface area (Å²) in [5, 5.41) is 2.90. The molecule has 39 heavy (non-hydrogen) atoms. The molecule has 1 fully saturated rings. The summed E-state index contributed by atoms with van der Waals surface area (Å²) in [6.07, 6.45) is 6.93. The van der Waals surface area contributed by atoms with E-state index in [0.717, 1.165) is 48.1 Å². The molecule has 2 amide bonds. The van der Waals surface area contributed by atoms with Crippen LogP contribution in [0.1, 0.15) is 60.3 Å². The maximum absolute atomic E-state index is 13.9. The van der Waals surface area contributed by atoms with Crippen molar-refractivity contribution >= 4 is 22.8 Å². The summed E-state index contributed by atoms with van der Waals surface area (Å²) in [6, 6.07) is 23.9. The van der Waals surface area contributed by atoms with E-state index in [1.165, 1.54) is 30.7 Å². The highest BCUT2D eigenvalue weighted by Gasteiger charge is 2.27. The molecule has 5 rings (SSSR count). The molecule has 0 aliphatic heterocycles. The molecule has 1 saturated carbocycles. The first-order valence-corrected chi connectivity index (χ1v) is 13.9. The lowest BCUT2D eigenvalue weighted by Crippen LogP contribution is -2.42. The number of halogens is 1. The number of nitrogens with one attached hydrogen (secondary N) is 1. The number of aromatic nitrogens is 2. The highest BCUT2D eigenvalue weighted by molar-refractivity contribution is 5.94. The number of benzene rings is 3. The lowest BCUT2D eigenvalue weighted by molar-refractivity contribution is -0.135. The average molecular weight is 527 g/mol. The number of para-hydroxylation sites is 2. The predicted octanol–water partition coefficient (Wildman–Crippen LogP) is 5.90. The summed E-state index contributed by atoms with van der Waals surface area (Å²) in [7, 11) is 0. The number of carbonyl (C=O) groups excluding carboxylic acids is 2. The molecule has 1 heterocycles. The van der Waals surface area contributed by atoms with E-state index >= 15 is 0 Å². The lowest BCUT2D eigenvalue weighted by Gasteiger charge is -2.35. The molecule has 0 bridgehead atoms. The van der Waals surface area contributed by atoms with E-state index in [1.807, 2.05) is 47.0 Å². The number of hydrogen-bond donors (Lipinski definition) is 1. The van der Waals surface area contributed by atoms with Gasteiger partial charge in [-0.3, -0.25) is 9.59 Å². The van der Waals surface area contributed by atoms with Gasteiger partial charge in [-0.05, 0) is 61.2 Å². The van der Waals surface area contributed by atoms with Crippen molar-refractivity contribution in [1.29, 1.82) is 0 Å². The fourth-order valence-electron chi connectivity index (χ4n) is 5.46. The highest BCUT2D eigenvalue weighted by Crippen LogP contribution is 2.25. The summed E-state index contributed by atoms with van der Waals surface area (Å²) in [6.45, 7) is 1.30. The van der Waals surface area contributed by atoms with Crippen molar-refractivity contribution in [3.8, 4) is 0 Å². The van der Waals surface area contributed by atoms with E-state index in [-0.39, 0.29) is 30.2 Å². The van der Waals surface area contributed by atoms with Gasteiger partial charge in [-0.25, -0.2) is 9.37 Å². The Labute approximate surface area is 228 Å². The number of rotatable bonds is 10. The molecule has 3 aromatic carbocycles. The van der Waals surface area contributed by atoms with Gasteiger partial charge in [0.25, 0.3) is 5.91 Å². The van der Waals surface area contributed by atoms with Gasteiger partial charge in [-0.2, -0.15) is 0 Å². The van der Waals surface area contributed by atoms with Crippen LogP contribution in [-0.2, 0) is 24.3 Å². The van der Waals surface area contributed by atoms with Crippen molar-refractivity contribution in [2.24, 2.45) is 0 Å². The number of fused-ring (bicyclic) bond motifs is 1. The molecule has 202 valence electrons. The number of carbonyl (C=O) groups is 2. The first kappa shape index (κ1) is 26.6. The molecule has 1 aliphatic carbocycles. The van der Waals surface area contributed by atoms with E-state index in [0.29, 0.717) is 31.5 Å². The second-order valence-electron chi connectivity index (χ2n) is 10.3. The van der Waals surface area contributed by atoms with Gasteiger partial charge in [0.2, 0.25) is 5.91 Å². The van der Waals surface area contributed by atoms with E-state index in [9.17, 15) is 14.0 Å². The normalized spacial score (nSPS) is 13.9. The maximum atomic E-state index is 13.9. The van der Waals surface area contributed by atoms with Crippen molar-refractivity contribution in [3.05, 3.63) is 102 Å². The Morgan fingerprint density at radius 3 is 2.41 bits per heavy atom. The molecular weight excluding hydrogens is 491 g/mol. The van der Waals surface area contributed by atoms with Crippen LogP contribution in [0.15, 0.2) is 78.9 Å². The lowest BCUT2D eigenvalue weighted by atomic mass is 9.93. The van der Waals surface area contributed by atoms with E-state index in [2.05, 4.69) is 22.3 Å². The van der Waals surface area contributed by atoms with Gasteiger partial charge < -0.3 is 14.8 Å². The second kappa shape index (κ2) is 12.7. The number of hydrogen-bond acceptors (Lipinski definition) is 3. The molecule has 1 aliphatic rings. The molecule has 0 atom stereocenters. The zero-order chi connectivity index (χ0) is 27.0. The standard InChI is InChI=1S/C32H35FN4O2/c33-26-19-17-25(18-20-26)32(39)34-21-9-16-30-35-28-14-7-8-15-29(28)37(30)23-31(38)36(27-12-5-2-6-13-27)22-24-10-3-1-4-11-24/h1,3-4,7-8,10-11,14-15,17-20,27H,2,5-6,9,12-13,16,21-23H2,(H,34,39). The predicted molar refractivity (Wildman–Crippen MR) is 151 cm³/mol. The van der Waals surface area contributed by atoms with Gasteiger partial charge in [-0.1, -0.05) is 61.7 Å². The molecule has 4 aromatic rings. The number of nitrogens with zero attached hydrogens (tertiary/aromatic N) is 3. The summed E-state index contributed by atoms with van der Waals surface area (Å²) in [4.78, 5) is 33.2. The Balaban J connectivity index is 1.29. The third-order valence-corrected chi connectivity index (χ3v) is 7.53. The molecule has 1 aromatic heterocycles. The molecular formula is C32H35FN4O2. The summed E-state index contributed by atoms with van der Waals surface area (Å²) < 4.78 is 15.2. The molecule has 1 N–H and O–H groups in total. The molecule has 6 nitrogen and oxygen atoms in total. The Kier molecular flexibility index (Phi) is 8.66. The topological polar surface area (TPSA) is 67.2 Å². The largest absolute Gasteiger partial charge is 0.352 e. The first-order valence-electron chi connectivity index (χ1n) is 13.9. The fourth-order valence-corrected chi connectivity index (χ4v) is 5.46.